The lowest BCUT2D eigenvalue weighted by Crippen LogP contribution is -2.18. The second-order valence-corrected chi connectivity index (χ2v) is 4.88. The predicted octanol–water partition coefficient (Wildman–Crippen LogP) is 4.80. The number of anilines is 2. The third kappa shape index (κ3) is 3.88. The topological polar surface area (TPSA) is 24.1 Å². The minimum atomic E-state index is 0.486. The monoisotopic (exact) mass is 296 g/mol. The molecule has 0 aliphatic carbocycles. The van der Waals surface area contributed by atoms with E-state index in [-0.39, 0.29) is 0 Å². The van der Waals surface area contributed by atoms with E-state index in [0.29, 0.717) is 15.2 Å². The van der Waals surface area contributed by atoms with Gasteiger partial charge in [0.15, 0.2) is 5.11 Å². The Morgan fingerprint density at radius 1 is 0.833 bits per heavy atom. The Hall–Kier alpha value is -1.29. The Balaban J connectivity index is 2.03. The molecule has 0 aromatic heterocycles. The molecule has 0 saturated carbocycles. The molecule has 0 amide bonds. The average Bonchev–Trinajstić information content (AvgIpc) is 2.28. The molecule has 0 bridgehead atoms. The summed E-state index contributed by atoms with van der Waals surface area (Å²) in [4.78, 5) is 0. The van der Waals surface area contributed by atoms with Gasteiger partial charge in [0.25, 0.3) is 0 Å². The summed E-state index contributed by atoms with van der Waals surface area (Å²) in [5, 5.41) is 7.70. The number of para-hydroxylation sites is 1. The zero-order valence-corrected chi connectivity index (χ0v) is 11.6. The summed E-state index contributed by atoms with van der Waals surface area (Å²) in [7, 11) is 0. The first kappa shape index (κ1) is 13.1. The standard InChI is InChI=1S/C13H10Cl2N2S/c14-9-6-10(15)8-12(7-9)17-13(18)16-11-4-2-1-3-5-11/h1-8H,(H2,16,17,18). The molecule has 92 valence electrons. The van der Waals surface area contributed by atoms with Crippen LogP contribution in [0.15, 0.2) is 48.5 Å². The van der Waals surface area contributed by atoms with E-state index in [9.17, 15) is 0 Å². The van der Waals surface area contributed by atoms with Crippen molar-refractivity contribution >= 4 is 51.9 Å². The molecule has 18 heavy (non-hydrogen) atoms. The first-order valence-corrected chi connectivity index (χ1v) is 6.39. The first-order chi connectivity index (χ1) is 8.63. The maximum Gasteiger partial charge on any atom is 0.175 e. The molecule has 0 radical (unpaired) electrons. The lowest BCUT2D eigenvalue weighted by molar-refractivity contribution is 1.59. The van der Waals surface area contributed by atoms with Crippen molar-refractivity contribution in [1.82, 2.24) is 0 Å². The van der Waals surface area contributed by atoms with Crippen LogP contribution in [0.1, 0.15) is 0 Å². The van der Waals surface area contributed by atoms with Gasteiger partial charge >= 0.3 is 0 Å². The normalized spacial score (nSPS) is 9.89. The van der Waals surface area contributed by atoms with Crippen LogP contribution >= 0.6 is 35.4 Å². The van der Waals surface area contributed by atoms with Gasteiger partial charge in [0, 0.05) is 21.4 Å². The van der Waals surface area contributed by atoms with E-state index in [1.807, 2.05) is 30.3 Å². The molecule has 0 fully saturated rings. The summed E-state index contributed by atoms with van der Waals surface area (Å²) in [6, 6.07) is 14.8. The Morgan fingerprint density at radius 2 is 1.39 bits per heavy atom. The lowest BCUT2D eigenvalue weighted by atomic mass is 10.3. The summed E-state index contributed by atoms with van der Waals surface area (Å²) >= 11 is 17.0. The van der Waals surface area contributed by atoms with Crippen molar-refractivity contribution in [3.63, 3.8) is 0 Å². The van der Waals surface area contributed by atoms with Gasteiger partial charge in [-0.2, -0.15) is 0 Å². The summed E-state index contributed by atoms with van der Waals surface area (Å²) in [6.45, 7) is 0. The van der Waals surface area contributed by atoms with Gasteiger partial charge in [-0.15, -0.1) is 0 Å². The Labute approximate surface area is 121 Å². The van der Waals surface area contributed by atoms with Gasteiger partial charge in [-0.25, -0.2) is 0 Å². The molecule has 2 aromatic rings. The largest absolute Gasteiger partial charge is 0.332 e. The minimum Gasteiger partial charge on any atom is -0.332 e. The van der Waals surface area contributed by atoms with Gasteiger partial charge in [-0.1, -0.05) is 41.4 Å². The van der Waals surface area contributed by atoms with Crippen molar-refractivity contribution in [2.75, 3.05) is 10.6 Å². The summed E-state index contributed by atoms with van der Waals surface area (Å²) in [5.41, 5.74) is 1.67. The van der Waals surface area contributed by atoms with Crippen molar-refractivity contribution < 1.29 is 0 Å². The molecule has 2 N–H and O–H groups in total. The van der Waals surface area contributed by atoms with Gasteiger partial charge in [-0.05, 0) is 42.5 Å². The number of hydrogen-bond donors (Lipinski definition) is 2. The SMILES string of the molecule is S=C(Nc1ccccc1)Nc1cc(Cl)cc(Cl)c1. The number of halogens is 2. The lowest BCUT2D eigenvalue weighted by Gasteiger charge is -2.11. The van der Waals surface area contributed by atoms with E-state index >= 15 is 0 Å². The smallest absolute Gasteiger partial charge is 0.175 e. The zero-order chi connectivity index (χ0) is 13.0. The first-order valence-electron chi connectivity index (χ1n) is 5.22. The highest BCUT2D eigenvalue weighted by molar-refractivity contribution is 7.80. The molecule has 5 heteroatoms. The van der Waals surface area contributed by atoms with Gasteiger partial charge < -0.3 is 10.6 Å². The Bertz CT molecular complexity index is 538. The molecule has 0 spiro atoms. The highest BCUT2D eigenvalue weighted by atomic mass is 35.5. The number of rotatable bonds is 2. The summed E-state index contributed by atoms with van der Waals surface area (Å²) in [6.07, 6.45) is 0. The zero-order valence-electron chi connectivity index (χ0n) is 9.28. The van der Waals surface area contributed by atoms with Crippen molar-refractivity contribution in [2.24, 2.45) is 0 Å². The number of nitrogens with one attached hydrogen (secondary N) is 2. The van der Waals surface area contributed by atoms with Crippen LogP contribution in [0.3, 0.4) is 0 Å². The highest BCUT2D eigenvalue weighted by Gasteiger charge is 2.01. The third-order valence-electron chi connectivity index (χ3n) is 2.15. The molecule has 0 aliphatic rings. The number of hydrogen-bond acceptors (Lipinski definition) is 1. The van der Waals surface area contributed by atoms with Crippen molar-refractivity contribution in [3.05, 3.63) is 58.6 Å². The fourth-order valence-corrected chi connectivity index (χ4v) is 2.20. The van der Waals surface area contributed by atoms with Gasteiger partial charge in [-0.3, -0.25) is 0 Å². The molecule has 0 saturated heterocycles. The van der Waals surface area contributed by atoms with E-state index in [1.165, 1.54) is 0 Å². The van der Waals surface area contributed by atoms with E-state index in [1.54, 1.807) is 18.2 Å². The molecule has 2 rings (SSSR count). The summed E-state index contributed by atoms with van der Waals surface area (Å²) in [5.74, 6) is 0. The summed E-state index contributed by atoms with van der Waals surface area (Å²) < 4.78 is 0. The number of thiocarbonyl (C=S) groups is 1. The second kappa shape index (κ2) is 6.05. The van der Waals surface area contributed by atoms with Crippen LogP contribution in [0.2, 0.25) is 10.0 Å². The van der Waals surface area contributed by atoms with Gasteiger partial charge in [0.1, 0.15) is 0 Å². The van der Waals surface area contributed by atoms with Gasteiger partial charge in [0.05, 0.1) is 0 Å². The highest BCUT2D eigenvalue weighted by Crippen LogP contribution is 2.22. The van der Waals surface area contributed by atoms with Crippen LogP contribution in [0.4, 0.5) is 11.4 Å². The second-order valence-electron chi connectivity index (χ2n) is 3.60. The Morgan fingerprint density at radius 3 is 2.00 bits per heavy atom. The molecule has 2 nitrogen and oxygen atoms in total. The molecule has 0 heterocycles. The van der Waals surface area contributed by atoms with E-state index in [4.69, 9.17) is 35.4 Å². The van der Waals surface area contributed by atoms with Crippen LogP contribution < -0.4 is 10.6 Å². The molecular formula is C13H10Cl2N2S. The average molecular weight is 297 g/mol. The molecule has 2 aromatic carbocycles. The molecule has 0 unspecified atom stereocenters. The van der Waals surface area contributed by atoms with Crippen molar-refractivity contribution in [3.8, 4) is 0 Å². The van der Waals surface area contributed by atoms with Crippen LogP contribution in [0.5, 0.6) is 0 Å². The van der Waals surface area contributed by atoms with E-state index in [0.717, 1.165) is 11.4 Å². The minimum absolute atomic E-state index is 0.486. The maximum atomic E-state index is 5.91. The fraction of sp³-hybridized carbons (Fsp3) is 0. The molecular weight excluding hydrogens is 287 g/mol. The third-order valence-corrected chi connectivity index (χ3v) is 2.79. The predicted molar refractivity (Wildman–Crippen MR) is 82.7 cm³/mol. The van der Waals surface area contributed by atoms with E-state index in [2.05, 4.69) is 10.6 Å². The van der Waals surface area contributed by atoms with E-state index < -0.39 is 0 Å². The quantitative estimate of drug-likeness (QED) is 0.778. The molecule has 0 aliphatic heterocycles. The Kier molecular flexibility index (Phi) is 4.42. The van der Waals surface area contributed by atoms with Crippen molar-refractivity contribution in [2.45, 2.75) is 0 Å². The van der Waals surface area contributed by atoms with Gasteiger partial charge in [0.2, 0.25) is 0 Å². The van der Waals surface area contributed by atoms with Crippen LogP contribution in [0, 0.1) is 0 Å². The van der Waals surface area contributed by atoms with Crippen LogP contribution in [-0.2, 0) is 0 Å². The van der Waals surface area contributed by atoms with Crippen molar-refractivity contribution in [1.29, 1.82) is 0 Å². The fourth-order valence-electron chi connectivity index (χ4n) is 1.44. The molecule has 0 atom stereocenters. The maximum absolute atomic E-state index is 5.91. The van der Waals surface area contributed by atoms with Crippen LogP contribution in [0.25, 0.3) is 0 Å². The van der Waals surface area contributed by atoms with Crippen LogP contribution in [-0.4, -0.2) is 5.11 Å². The number of benzene rings is 2.